The predicted molar refractivity (Wildman–Crippen MR) is 165 cm³/mol. The summed E-state index contributed by atoms with van der Waals surface area (Å²) in [6.07, 6.45) is 3.33. The van der Waals surface area contributed by atoms with Gasteiger partial charge < -0.3 is 14.7 Å². The van der Waals surface area contributed by atoms with Crippen LogP contribution in [0.2, 0.25) is 0 Å². The Labute approximate surface area is 249 Å². The van der Waals surface area contributed by atoms with Crippen molar-refractivity contribution in [2.24, 2.45) is 5.92 Å². The molecule has 0 amide bonds. The number of piperidine rings is 1. The fraction of sp³-hybridized carbons (Fsp3) is 0.314. The minimum Gasteiger partial charge on any atom is -0.385 e. The van der Waals surface area contributed by atoms with E-state index in [0.29, 0.717) is 54.8 Å². The van der Waals surface area contributed by atoms with E-state index >= 15 is 8.78 Å². The number of anilines is 1. The van der Waals surface area contributed by atoms with Gasteiger partial charge in [-0.3, -0.25) is 0 Å². The molecule has 1 unspecified atom stereocenters. The fourth-order valence-corrected chi connectivity index (χ4v) is 7.70. The van der Waals surface area contributed by atoms with Crippen LogP contribution >= 0.6 is 15.9 Å². The maximum absolute atomic E-state index is 15.4. The highest BCUT2D eigenvalue weighted by Crippen LogP contribution is 2.57. The largest absolute Gasteiger partial charge is 0.385 e. The fourth-order valence-electron chi connectivity index (χ4n) is 6.46. The highest BCUT2D eigenvalue weighted by atomic mass is 79.9. The number of alkyl halides is 1. The number of aliphatic hydroxyl groups is 1. The van der Waals surface area contributed by atoms with Crippen molar-refractivity contribution in [3.63, 3.8) is 0 Å². The molecule has 0 aliphatic carbocycles. The molecule has 1 saturated heterocycles. The summed E-state index contributed by atoms with van der Waals surface area (Å²) >= 11 is 4.16. The van der Waals surface area contributed by atoms with E-state index in [1.54, 1.807) is 31.4 Å². The number of nitrogens with zero attached hydrogens (tertiary/aromatic N) is 1. The van der Waals surface area contributed by atoms with Gasteiger partial charge in [-0.1, -0.05) is 101 Å². The second kappa shape index (κ2) is 12.8. The van der Waals surface area contributed by atoms with E-state index in [1.165, 1.54) is 12.1 Å². The highest BCUT2D eigenvalue weighted by Gasteiger charge is 2.56. The molecule has 214 valence electrons. The van der Waals surface area contributed by atoms with Gasteiger partial charge in [0, 0.05) is 31.7 Å². The van der Waals surface area contributed by atoms with E-state index in [9.17, 15) is 5.11 Å². The molecule has 3 nitrogen and oxygen atoms in total. The number of halogens is 3. The van der Waals surface area contributed by atoms with Crippen molar-refractivity contribution >= 4 is 21.6 Å². The lowest BCUT2D eigenvalue weighted by Crippen LogP contribution is -2.58. The zero-order valence-corrected chi connectivity index (χ0v) is 24.9. The number of hydrogen-bond acceptors (Lipinski definition) is 3. The number of benzene rings is 4. The van der Waals surface area contributed by atoms with Gasteiger partial charge in [0.1, 0.15) is 16.1 Å². The Morgan fingerprint density at radius 3 is 2.20 bits per heavy atom. The van der Waals surface area contributed by atoms with Gasteiger partial charge in [0.05, 0.1) is 11.3 Å². The van der Waals surface area contributed by atoms with Gasteiger partial charge >= 0.3 is 0 Å². The highest BCUT2D eigenvalue weighted by molar-refractivity contribution is 9.09. The second-order valence-electron chi connectivity index (χ2n) is 10.7. The molecule has 3 atom stereocenters. The molecule has 0 spiro atoms. The van der Waals surface area contributed by atoms with Crippen LogP contribution in [0.4, 0.5) is 14.5 Å². The molecule has 1 heterocycles. The van der Waals surface area contributed by atoms with Crippen molar-refractivity contribution in [3.8, 4) is 11.1 Å². The molecule has 6 heteroatoms. The van der Waals surface area contributed by atoms with E-state index in [-0.39, 0.29) is 11.6 Å². The predicted octanol–water partition coefficient (Wildman–Crippen LogP) is 8.80. The van der Waals surface area contributed by atoms with Crippen molar-refractivity contribution in [1.29, 1.82) is 0 Å². The molecule has 0 aromatic heterocycles. The number of methoxy groups -OCH3 is 1. The van der Waals surface area contributed by atoms with Gasteiger partial charge in [-0.2, -0.15) is 0 Å². The molecule has 1 aliphatic heterocycles. The smallest absolute Gasteiger partial charge is 0.146 e. The number of ether oxygens (including phenoxy) is 1. The standard InChI is InChI=1S/C35H36BrF2NO2/c1-41-25-12-11-23-34(40,29-18-7-5-16-27(29)28-17-6-8-19-30(28)37)33-22-13-24-39(32-21-10-9-20-31(32)38)35(33,36)26-14-3-2-4-15-26/h2-10,14-21,33,40H,11-13,22-25H2,1H3/t33?,34-,35-/m1/s1. The molecule has 1 fully saturated rings. The SMILES string of the molecule is COCCCC[C@@](O)(c1ccccc1-c1ccccc1F)C1CCCN(c2ccccc2F)[C@]1(Br)c1ccccc1. The monoisotopic (exact) mass is 619 g/mol. The Morgan fingerprint density at radius 1 is 0.854 bits per heavy atom. The molecule has 0 saturated carbocycles. The minimum absolute atomic E-state index is 0.316. The van der Waals surface area contributed by atoms with Gasteiger partial charge in [0.15, 0.2) is 0 Å². The zero-order valence-electron chi connectivity index (χ0n) is 23.3. The molecule has 1 aliphatic rings. The van der Waals surface area contributed by atoms with Gasteiger partial charge in [-0.25, -0.2) is 8.78 Å². The summed E-state index contributed by atoms with van der Waals surface area (Å²) in [5.74, 6) is -1.07. The first-order valence-corrected chi connectivity index (χ1v) is 15.0. The lowest BCUT2D eigenvalue weighted by molar-refractivity contribution is -0.0604. The summed E-state index contributed by atoms with van der Waals surface area (Å²) in [4.78, 5) is 2.05. The van der Waals surface area contributed by atoms with Crippen LogP contribution in [0, 0.1) is 17.6 Å². The maximum Gasteiger partial charge on any atom is 0.146 e. The lowest BCUT2D eigenvalue weighted by atomic mass is 9.67. The van der Waals surface area contributed by atoms with Crippen LogP contribution in [0.25, 0.3) is 11.1 Å². The van der Waals surface area contributed by atoms with Crippen LogP contribution in [0.3, 0.4) is 0 Å². The van der Waals surface area contributed by atoms with Gasteiger partial charge in [0.25, 0.3) is 0 Å². The first-order valence-electron chi connectivity index (χ1n) is 14.2. The lowest BCUT2D eigenvalue weighted by Gasteiger charge is -2.55. The molecule has 41 heavy (non-hydrogen) atoms. The van der Waals surface area contributed by atoms with Crippen molar-refractivity contribution in [1.82, 2.24) is 0 Å². The van der Waals surface area contributed by atoms with E-state index in [1.807, 2.05) is 66.7 Å². The van der Waals surface area contributed by atoms with Gasteiger partial charge in [-0.05, 0) is 67.0 Å². The molecule has 4 aromatic rings. The molecule has 1 N–H and O–H groups in total. The number of rotatable bonds is 10. The molecule has 4 aromatic carbocycles. The average molecular weight is 621 g/mol. The van der Waals surface area contributed by atoms with Crippen LogP contribution < -0.4 is 4.90 Å². The Kier molecular flexibility index (Phi) is 9.22. The maximum atomic E-state index is 15.4. The van der Waals surface area contributed by atoms with Crippen LogP contribution in [0.5, 0.6) is 0 Å². The summed E-state index contributed by atoms with van der Waals surface area (Å²) in [5, 5.41) is 13.2. The third kappa shape index (κ3) is 5.70. The Hall–Kier alpha value is -3.06. The number of hydrogen-bond donors (Lipinski definition) is 1. The summed E-state index contributed by atoms with van der Waals surface area (Å²) in [7, 11) is 1.67. The van der Waals surface area contributed by atoms with Crippen molar-refractivity contribution in [2.75, 3.05) is 25.2 Å². The Bertz CT molecular complexity index is 1450. The summed E-state index contributed by atoms with van der Waals surface area (Å²) in [6, 6.07) is 31.0. The molecular formula is C35H36BrF2NO2. The molecule has 0 bridgehead atoms. The quantitative estimate of drug-likeness (QED) is 0.109. The van der Waals surface area contributed by atoms with E-state index in [4.69, 9.17) is 4.74 Å². The first-order chi connectivity index (χ1) is 19.9. The number of para-hydroxylation sites is 1. The molecule has 0 radical (unpaired) electrons. The van der Waals surface area contributed by atoms with E-state index < -0.39 is 16.0 Å². The van der Waals surface area contributed by atoms with Crippen LogP contribution in [-0.2, 0) is 14.8 Å². The summed E-state index contributed by atoms with van der Waals surface area (Å²) in [6.45, 7) is 1.18. The topological polar surface area (TPSA) is 32.7 Å². The van der Waals surface area contributed by atoms with Crippen LogP contribution in [-0.4, -0.2) is 25.4 Å². The average Bonchev–Trinajstić information content (AvgIpc) is 3.00. The van der Waals surface area contributed by atoms with Crippen molar-refractivity contribution in [3.05, 3.63) is 126 Å². The van der Waals surface area contributed by atoms with Gasteiger partial charge in [0.2, 0.25) is 0 Å². The normalized spacial score (nSPS) is 20.5. The molecule has 5 rings (SSSR count). The third-order valence-electron chi connectivity index (χ3n) is 8.34. The zero-order chi connectivity index (χ0) is 28.9. The third-order valence-corrected chi connectivity index (χ3v) is 9.78. The van der Waals surface area contributed by atoms with Gasteiger partial charge in [-0.15, -0.1) is 0 Å². The second-order valence-corrected chi connectivity index (χ2v) is 11.9. The first kappa shape index (κ1) is 29.4. The van der Waals surface area contributed by atoms with Crippen LogP contribution in [0.1, 0.15) is 43.2 Å². The van der Waals surface area contributed by atoms with Crippen molar-refractivity contribution < 1.29 is 18.6 Å². The minimum atomic E-state index is -1.39. The van der Waals surface area contributed by atoms with Crippen LogP contribution in [0.15, 0.2) is 103 Å². The summed E-state index contributed by atoms with van der Waals surface area (Å²) in [5.41, 5.74) is 1.78. The van der Waals surface area contributed by atoms with E-state index in [0.717, 1.165) is 18.4 Å². The van der Waals surface area contributed by atoms with E-state index in [2.05, 4.69) is 20.8 Å². The molecular weight excluding hydrogens is 584 g/mol. The Balaban J connectivity index is 1.73. The number of unbranched alkanes of at least 4 members (excludes halogenated alkanes) is 1. The van der Waals surface area contributed by atoms with Crippen molar-refractivity contribution in [2.45, 2.75) is 42.2 Å². The summed E-state index contributed by atoms with van der Waals surface area (Å²) < 4.78 is 35.0. The Morgan fingerprint density at radius 2 is 1.49 bits per heavy atom.